The van der Waals surface area contributed by atoms with Crippen LogP contribution in [0.2, 0.25) is 0 Å². The predicted molar refractivity (Wildman–Crippen MR) is 56.7 cm³/mol. The van der Waals surface area contributed by atoms with E-state index in [1.54, 1.807) is 0 Å². The Hall–Kier alpha value is -0.300. The fourth-order valence-corrected chi connectivity index (χ4v) is 2.17. The van der Waals surface area contributed by atoms with Gasteiger partial charge in [-0.15, -0.1) is 0 Å². The minimum Gasteiger partial charge on any atom is -0.381 e. The van der Waals surface area contributed by atoms with E-state index in [1.165, 1.54) is 12.0 Å². The number of methoxy groups -OCH3 is 1. The van der Waals surface area contributed by atoms with Crippen molar-refractivity contribution in [2.24, 2.45) is 11.3 Å². The van der Waals surface area contributed by atoms with Crippen molar-refractivity contribution in [3.63, 3.8) is 0 Å². The molecule has 0 bridgehead atoms. The van der Waals surface area contributed by atoms with Crippen LogP contribution in [-0.4, -0.2) is 13.2 Å². The first kappa shape index (κ1) is 10.8. The van der Waals surface area contributed by atoms with Crippen molar-refractivity contribution < 1.29 is 4.74 Å². The highest BCUT2D eigenvalue weighted by Crippen LogP contribution is 2.38. The van der Waals surface area contributed by atoms with E-state index >= 15 is 0 Å². The predicted octanol–water partition coefficient (Wildman–Crippen LogP) is 3.40. The van der Waals surface area contributed by atoms with Gasteiger partial charge in [0.15, 0.2) is 0 Å². The van der Waals surface area contributed by atoms with Gasteiger partial charge in [0.25, 0.3) is 0 Å². The molecule has 0 heterocycles. The molecule has 13 heavy (non-hydrogen) atoms. The molecule has 0 spiro atoms. The maximum absolute atomic E-state index is 5.53. The molecule has 0 N–H and O–H groups in total. The lowest BCUT2D eigenvalue weighted by Gasteiger charge is -2.38. The Kier molecular flexibility index (Phi) is 3.18. The Bertz CT molecular complexity index is 198. The molecule has 2 atom stereocenters. The number of allylic oxidation sites excluding steroid dienone is 1. The number of hydrogen-bond acceptors (Lipinski definition) is 1. The normalized spacial score (nSPS) is 30.1. The maximum atomic E-state index is 5.53. The molecule has 1 aliphatic carbocycles. The molecule has 0 saturated carbocycles. The van der Waals surface area contributed by atoms with Gasteiger partial charge >= 0.3 is 0 Å². The van der Waals surface area contributed by atoms with Gasteiger partial charge in [-0.1, -0.05) is 32.4 Å². The highest BCUT2D eigenvalue weighted by molar-refractivity contribution is 5.08. The molecule has 1 heteroatoms. The van der Waals surface area contributed by atoms with Crippen LogP contribution in [-0.2, 0) is 4.74 Å². The molecule has 0 aliphatic heterocycles. The highest BCUT2D eigenvalue weighted by Gasteiger charge is 2.33. The second kappa shape index (κ2) is 3.83. The average molecular weight is 182 g/mol. The summed E-state index contributed by atoms with van der Waals surface area (Å²) in [7, 11) is 1.83. The lowest BCUT2D eigenvalue weighted by atomic mass is 9.71. The minimum atomic E-state index is 0.357. The highest BCUT2D eigenvalue weighted by atomic mass is 16.5. The monoisotopic (exact) mass is 182 g/mol. The van der Waals surface area contributed by atoms with Gasteiger partial charge in [-0.3, -0.25) is 0 Å². The molecular weight excluding hydrogens is 160 g/mol. The molecule has 1 rings (SSSR count). The van der Waals surface area contributed by atoms with E-state index in [4.69, 9.17) is 4.74 Å². The number of ether oxygens (including phenoxy) is 1. The van der Waals surface area contributed by atoms with E-state index in [0.717, 1.165) is 6.42 Å². The van der Waals surface area contributed by atoms with E-state index < -0.39 is 0 Å². The molecule has 1 nitrogen and oxygen atoms in total. The summed E-state index contributed by atoms with van der Waals surface area (Å²) in [6.45, 7) is 9.15. The standard InChI is InChI=1S/C12H22O/c1-9-6-7-11(13-5)10(8-9)12(2,3)4/h6,10-11H,7-8H2,1-5H3. The molecule has 0 amide bonds. The van der Waals surface area contributed by atoms with Crippen molar-refractivity contribution in [2.45, 2.75) is 46.6 Å². The molecular formula is C12H22O. The topological polar surface area (TPSA) is 9.23 Å². The Morgan fingerprint density at radius 3 is 2.46 bits per heavy atom. The van der Waals surface area contributed by atoms with Crippen LogP contribution in [0.5, 0.6) is 0 Å². The van der Waals surface area contributed by atoms with Crippen molar-refractivity contribution in [2.75, 3.05) is 7.11 Å². The minimum absolute atomic E-state index is 0.357. The van der Waals surface area contributed by atoms with Crippen LogP contribution < -0.4 is 0 Å². The Morgan fingerprint density at radius 1 is 1.38 bits per heavy atom. The molecule has 0 saturated heterocycles. The van der Waals surface area contributed by atoms with Crippen LogP contribution in [0.3, 0.4) is 0 Å². The van der Waals surface area contributed by atoms with Gasteiger partial charge in [0.2, 0.25) is 0 Å². The molecule has 1 aliphatic rings. The second-order valence-corrected chi connectivity index (χ2v) is 5.24. The van der Waals surface area contributed by atoms with Crippen LogP contribution in [0.4, 0.5) is 0 Å². The summed E-state index contributed by atoms with van der Waals surface area (Å²) in [4.78, 5) is 0. The smallest absolute Gasteiger partial charge is 0.0642 e. The number of rotatable bonds is 1. The van der Waals surface area contributed by atoms with Crippen LogP contribution in [0.25, 0.3) is 0 Å². The van der Waals surface area contributed by atoms with Crippen molar-refractivity contribution in [1.82, 2.24) is 0 Å². The van der Waals surface area contributed by atoms with Gasteiger partial charge in [-0.25, -0.2) is 0 Å². The van der Waals surface area contributed by atoms with E-state index in [2.05, 4.69) is 33.8 Å². The Labute approximate surface area is 82.2 Å². The summed E-state index contributed by atoms with van der Waals surface area (Å²) in [5.41, 5.74) is 1.88. The third kappa shape index (κ3) is 2.57. The van der Waals surface area contributed by atoms with E-state index in [-0.39, 0.29) is 0 Å². The molecule has 0 fully saturated rings. The third-order valence-corrected chi connectivity index (χ3v) is 3.10. The van der Waals surface area contributed by atoms with Gasteiger partial charge < -0.3 is 4.74 Å². The first-order valence-electron chi connectivity index (χ1n) is 5.13. The lowest BCUT2D eigenvalue weighted by Crippen LogP contribution is -2.35. The maximum Gasteiger partial charge on any atom is 0.0642 e. The van der Waals surface area contributed by atoms with E-state index in [1.807, 2.05) is 7.11 Å². The van der Waals surface area contributed by atoms with Gasteiger partial charge in [-0.05, 0) is 31.1 Å². The molecule has 76 valence electrons. The zero-order chi connectivity index (χ0) is 10.1. The van der Waals surface area contributed by atoms with Crippen LogP contribution >= 0.6 is 0 Å². The van der Waals surface area contributed by atoms with Crippen molar-refractivity contribution in [1.29, 1.82) is 0 Å². The zero-order valence-corrected chi connectivity index (χ0v) is 9.55. The number of hydrogen-bond donors (Lipinski definition) is 0. The summed E-state index contributed by atoms with van der Waals surface area (Å²) in [6.07, 6.45) is 5.02. The van der Waals surface area contributed by atoms with Gasteiger partial charge in [0.1, 0.15) is 0 Å². The van der Waals surface area contributed by atoms with Gasteiger partial charge in [0, 0.05) is 7.11 Å². The summed E-state index contributed by atoms with van der Waals surface area (Å²) < 4.78 is 5.53. The van der Waals surface area contributed by atoms with Crippen molar-refractivity contribution in [3.8, 4) is 0 Å². The average Bonchev–Trinajstić information content (AvgIpc) is 2.03. The zero-order valence-electron chi connectivity index (χ0n) is 9.55. The van der Waals surface area contributed by atoms with Crippen molar-refractivity contribution >= 4 is 0 Å². The third-order valence-electron chi connectivity index (χ3n) is 3.10. The largest absolute Gasteiger partial charge is 0.381 e. The Morgan fingerprint density at radius 2 is 2.00 bits per heavy atom. The summed E-state index contributed by atoms with van der Waals surface area (Å²) in [5, 5.41) is 0. The van der Waals surface area contributed by atoms with Crippen LogP contribution in [0.1, 0.15) is 40.5 Å². The summed E-state index contributed by atoms with van der Waals surface area (Å²) in [5.74, 6) is 0.669. The summed E-state index contributed by atoms with van der Waals surface area (Å²) >= 11 is 0. The first-order chi connectivity index (χ1) is 5.95. The molecule has 0 aromatic carbocycles. The van der Waals surface area contributed by atoms with E-state index in [9.17, 15) is 0 Å². The summed E-state index contributed by atoms with van der Waals surface area (Å²) in [6, 6.07) is 0. The first-order valence-corrected chi connectivity index (χ1v) is 5.13. The van der Waals surface area contributed by atoms with Crippen molar-refractivity contribution in [3.05, 3.63) is 11.6 Å². The lowest BCUT2D eigenvalue weighted by molar-refractivity contribution is 0.00223. The van der Waals surface area contributed by atoms with Gasteiger partial charge in [-0.2, -0.15) is 0 Å². The molecule has 0 radical (unpaired) electrons. The van der Waals surface area contributed by atoms with Gasteiger partial charge in [0.05, 0.1) is 6.10 Å². The fourth-order valence-electron chi connectivity index (χ4n) is 2.17. The van der Waals surface area contributed by atoms with Crippen LogP contribution in [0, 0.1) is 11.3 Å². The fraction of sp³-hybridized carbons (Fsp3) is 0.833. The van der Waals surface area contributed by atoms with E-state index in [0.29, 0.717) is 17.4 Å². The molecule has 2 unspecified atom stereocenters. The second-order valence-electron chi connectivity index (χ2n) is 5.24. The Balaban J connectivity index is 2.76. The SMILES string of the molecule is COC1CC=C(C)CC1C(C)(C)C. The van der Waals surface area contributed by atoms with Crippen LogP contribution in [0.15, 0.2) is 11.6 Å². The molecule has 0 aromatic rings. The molecule has 0 aromatic heterocycles. The quantitative estimate of drug-likeness (QED) is 0.565.